The molecule has 70 valence electrons. The molecule has 1 aromatic heterocycles. The maximum Gasteiger partial charge on any atom is 0.175 e. The van der Waals surface area contributed by atoms with Gasteiger partial charge in [-0.2, -0.15) is 10.2 Å². The third-order valence-corrected chi connectivity index (χ3v) is 2.27. The van der Waals surface area contributed by atoms with Crippen LogP contribution in [-0.4, -0.2) is 9.78 Å². The van der Waals surface area contributed by atoms with Gasteiger partial charge in [-0.1, -0.05) is 20.8 Å². The second-order valence-electron chi connectivity index (χ2n) is 3.63. The minimum atomic E-state index is 0.127. The second-order valence-corrected chi connectivity index (χ2v) is 3.63. The standard InChI is InChI=1S/C9H14N4/c1-4-8-10-11-9-5-7(6(2)3)12-13(8)9/h5-6,8H,4H2,1-3H3. The Hall–Kier alpha value is -1.19. The van der Waals surface area contributed by atoms with Crippen LogP contribution in [-0.2, 0) is 0 Å². The van der Waals surface area contributed by atoms with Gasteiger partial charge >= 0.3 is 0 Å². The zero-order valence-corrected chi connectivity index (χ0v) is 8.23. The molecule has 1 aliphatic heterocycles. The highest BCUT2D eigenvalue weighted by Gasteiger charge is 2.20. The molecule has 0 bridgehead atoms. The number of aromatic nitrogens is 2. The summed E-state index contributed by atoms with van der Waals surface area (Å²) >= 11 is 0. The summed E-state index contributed by atoms with van der Waals surface area (Å²) < 4.78 is 1.91. The molecule has 2 rings (SSSR count). The molecule has 0 N–H and O–H groups in total. The van der Waals surface area contributed by atoms with Gasteiger partial charge in [0.15, 0.2) is 12.0 Å². The molecule has 4 heteroatoms. The third kappa shape index (κ3) is 1.26. The zero-order chi connectivity index (χ0) is 9.42. The predicted molar refractivity (Wildman–Crippen MR) is 50.2 cm³/mol. The van der Waals surface area contributed by atoms with E-state index in [2.05, 4.69) is 36.1 Å². The highest BCUT2D eigenvalue weighted by molar-refractivity contribution is 5.32. The number of azo groups is 1. The van der Waals surface area contributed by atoms with Gasteiger partial charge in [-0.3, -0.25) is 0 Å². The Kier molecular flexibility index (Phi) is 1.90. The van der Waals surface area contributed by atoms with E-state index in [4.69, 9.17) is 0 Å². The van der Waals surface area contributed by atoms with Crippen molar-refractivity contribution in [2.45, 2.75) is 39.3 Å². The highest BCUT2D eigenvalue weighted by atomic mass is 15.5. The van der Waals surface area contributed by atoms with E-state index in [1.54, 1.807) is 0 Å². The first-order valence-corrected chi connectivity index (χ1v) is 4.72. The van der Waals surface area contributed by atoms with Gasteiger partial charge in [-0.05, 0) is 12.3 Å². The Bertz CT molecular complexity index is 337. The molecule has 0 spiro atoms. The molecule has 0 saturated heterocycles. The van der Waals surface area contributed by atoms with E-state index in [1.807, 2.05) is 10.7 Å². The number of hydrogen-bond acceptors (Lipinski definition) is 3. The molecule has 2 heterocycles. The minimum absolute atomic E-state index is 0.127. The number of fused-ring (bicyclic) bond motifs is 1. The summed E-state index contributed by atoms with van der Waals surface area (Å²) in [4.78, 5) is 0. The molecule has 13 heavy (non-hydrogen) atoms. The molecule has 0 aromatic carbocycles. The van der Waals surface area contributed by atoms with E-state index < -0.39 is 0 Å². The Morgan fingerprint density at radius 1 is 1.54 bits per heavy atom. The first kappa shape index (κ1) is 8.41. The number of nitrogens with zero attached hydrogens (tertiary/aromatic N) is 4. The molecule has 0 fully saturated rings. The van der Waals surface area contributed by atoms with Crippen LogP contribution in [0.1, 0.15) is 45.0 Å². The van der Waals surface area contributed by atoms with Gasteiger partial charge in [0.25, 0.3) is 0 Å². The second kappa shape index (κ2) is 2.94. The van der Waals surface area contributed by atoms with Gasteiger partial charge < -0.3 is 0 Å². The Labute approximate surface area is 77.7 Å². The van der Waals surface area contributed by atoms with Crippen LogP contribution in [0.25, 0.3) is 0 Å². The van der Waals surface area contributed by atoms with Crippen molar-refractivity contribution in [3.8, 4) is 0 Å². The predicted octanol–water partition coefficient (Wildman–Crippen LogP) is 3.01. The highest BCUT2D eigenvalue weighted by Crippen LogP contribution is 2.31. The van der Waals surface area contributed by atoms with Crippen molar-refractivity contribution < 1.29 is 0 Å². The number of rotatable bonds is 2. The Morgan fingerprint density at radius 3 is 2.92 bits per heavy atom. The quantitative estimate of drug-likeness (QED) is 0.686. The van der Waals surface area contributed by atoms with Crippen LogP contribution in [0.15, 0.2) is 16.3 Å². The average molecular weight is 178 g/mol. The molecular weight excluding hydrogens is 164 g/mol. The lowest BCUT2D eigenvalue weighted by Crippen LogP contribution is -2.03. The van der Waals surface area contributed by atoms with Crippen LogP contribution in [0, 0.1) is 0 Å². The van der Waals surface area contributed by atoms with Crippen molar-refractivity contribution in [2.24, 2.45) is 10.2 Å². The van der Waals surface area contributed by atoms with Crippen LogP contribution in [0.5, 0.6) is 0 Å². The molecule has 1 aliphatic rings. The van der Waals surface area contributed by atoms with Gasteiger partial charge in [-0.25, -0.2) is 4.68 Å². The fraction of sp³-hybridized carbons (Fsp3) is 0.667. The van der Waals surface area contributed by atoms with Gasteiger partial charge in [0.1, 0.15) is 0 Å². The molecule has 0 aliphatic carbocycles. The Balaban J connectivity index is 2.36. The summed E-state index contributed by atoms with van der Waals surface area (Å²) in [5.74, 6) is 1.36. The Morgan fingerprint density at radius 2 is 2.31 bits per heavy atom. The van der Waals surface area contributed by atoms with Crippen molar-refractivity contribution in [3.63, 3.8) is 0 Å². The lowest BCUT2D eigenvalue weighted by molar-refractivity contribution is 0.474. The monoisotopic (exact) mass is 178 g/mol. The van der Waals surface area contributed by atoms with E-state index in [0.717, 1.165) is 17.9 Å². The first-order valence-electron chi connectivity index (χ1n) is 4.72. The van der Waals surface area contributed by atoms with Gasteiger partial charge in [-0.15, -0.1) is 5.11 Å². The van der Waals surface area contributed by atoms with Crippen LogP contribution in [0.2, 0.25) is 0 Å². The van der Waals surface area contributed by atoms with Crippen LogP contribution < -0.4 is 0 Å². The largest absolute Gasteiger partial charge is 0.219 e. The average Bonchev–Trinajstić information content (AvgIpc) is 2.60. The van der Waals surface area contributed by atoms with Crippen molar-refractivity contribution in [1.29, 1.82) is 0 Å². The van der Waals surface area contributed by atoms with Crippen molar-refractivity contribution in [3.05, 3.63) is 11.8 Å². The summed E-state index contributed by atoms with van der Waals surface area (Å²) in [6.07, 6.45) is 1.08. The van der Waals surface area contributed by atoms with E-state index >= 15 is 0 Å². The van der Waals surface area contributed by atoms with Crippen molar-refractivity contribution >= 4 is 5.82 Å². The third-order valence-electron chi connectivity index (χ3n) is 2.27. The normalized spacial score (nSPS) is 19.8. The SMILES string of the molecule is CCC1N=Nc2cc(C(C)C)nn21. The molecule has 1 unspecified atom stereocenters. The summed E-state index contributed by atoms with van der Waals surface area (Å²) in [6, 6.07) is 2.02. The van der Waals surface area contributed by atoms with Crippen LogP contribution in [0.3, 0.4) is 0 Å². The maximum absolute atomic E-state index is 4.47. The maximum atomic E-state index is 4.47. The molecule has 0 amide bonds. The van der Waals surface area contributed by atoms with Crippen LogP contribution in [0.4, 0.5) is 5.82 Å². The molecular formula is C9H14N4. The topological polar surface area (TPSA) is 42.5 Å². The summed E-state index contributed by atoms with van der Waals surface area (Å²) in [5, 5.41) is 12.7. The smallest absolute Gasteiger partial charge is 0.175 e. The van der Waals surface area contributed by atoms with Gasteiger partial charge in [0, 0.05) is 6.07 Å². The van der Waals surface area contributed by atoms with Crippen molar-refractivity contribution in [1.82, 2.24) is 9.78 Å². The fourth-order valence-electron chi connectivity index (χ4n) is 1.41. The lowest BCUT2D eigenvalue weighted by atomic mass is 10.1. The minimum Gasteiger partial charge on any atom is -0.219 e. The van der Waals surface area contributed by atoms with E-state index in [1.165, 1.54) is 0 Å². The van der Waals surface area contributed by atoms with Crippen LogP contribution >= 0.6 is 0 Å². The van der Waals surface area contributed by atoms with E-state index in [9.17, 15) is 0 Å². The molecule has 0 radical (unpaired) electrons. The first-order chi connectivity index (χ1) is 6.22. The molecule has 4 nitrogen and oxygen atoms in total. The van der Waals surface area contributed by atoms with E-state index in [-0.39, 0.29) is 6.17 Å². The van der Waals surface area contributed by atoms with E-state index in [0.29, 0.717) is 5.92 Å². The lowest BCUT2D eigenvalue weighted by Gasteiger charge is -2.04. The fourth-order valence-corrected chi connectivity index (χ4v) is 1.41. The summed E-state index contributed by atoms with van der Waals surface area (Å²) in [5.41, 5.74) is 1.10. The molecule has 0 saturated carbocycles. The zero-order valence-electron chi connectivity index (χ0n) is 8.23. The number of hydrogen-bond donors (Lipinski definition) is 0. The molecule has 1 atom stereocenters. The van der Waals surface area contributed by atoms with Crippen molar-refractivity contribution in [2.75, 3.05) is 0 Å². The van der Waals surface area contributed by atoms with Gasteiger partial charge in [0.2, 0.25) is 0 Å². The molecule has 1 aromatic rings. The van der Waals surface area contributed by atoms with Gasteiger partial charge in [0.05, 0.1) is 5.69 Å². The summed E-state index contributed by atoms with van der Waals surface area (Å²) in [6.45, 7) is 6.36. The summed E-state index contributed by atoms with van der Waals surface area (Å²) in [7, 11) is 0.